The van der Waals surface area contributed by atoms with Gasteiger partial charge in [-0.2, -0.15) is 11.3 Å². The number of para-hydroxylation sites is 2. The van der Waals surface area contributed by atoms with Crippen LogP contribution < -0.4 is 10.1 Å². The molecule has 2 aromatic carbocycles. The highest BCUT2D eigenvalue weighted by molar-refractivity contribution is 7.07. The Kier molecular flexibility index (Phi) is 4.97. The summed E-state index contributed by atoms with van der Waals surface area (Å²) >= 11 is 1.67. The van der Waals surface area contributed by atoms with Gasteiger partial charge in [0, 0.05) is 17.7 Å². The fourth-order valence-corrected chi connectivity index (χ4v) is 4.26. The van der Waals surface area contributed by atoms with Gasteiger partial charge < -0.3 is 15.0 Å². The summed E-state index contributed by atoms with van der Waals surface area (Å²) in [5.41, 5.74) is 3.04. The number of fused-ring (bicyclic) bond motifs is 2. The van der Waals surface area contributed by atoms with E-state index in [1.54, 1.807) is 11.3 Å². The third-order valence-corrected chi connectivity index (χ3v) is 5.66. The van der Waals surface area contributed by atoms with Crippen LogP contribution in [0.4, 0.5) is 0 Å². The van der Waals surface area contributed by atoms with Crippen LogP contribution in [0.2, 0.25) is 0 Å². The quantitative estimate of drug-likeness (QED) is 0.715. The molecular weight excluding hydrogens is 356 g/mol. The average molecular weight is 378 g/mol. The van der Waals surface area contributed by atoms with Gasteiger partial charge in [0.2, 0.25) is 5.91 Å². The lowest BCUT2D eigenvalue weighted by Gasteiger charge is -2.29. The van der Waals surface area contributed by atoms with Gasteiger partial charge in [0.05, 0.1) is 12.0 Å². The Morgan fingerprint density at radius 3 is 2.26 bits per heavy atom. The van der Waals surface area contributed by atoms with E-state index < -0.39 is 0 Å². The van der Waals surface area contributed by atoms with Gasteiger partial charge in [-0.3, -0.25) is 4.79 Å². The van der Waals surface area contributed by atoms with Crippen molar-refractivity contribution in [2.75, 3.05) is 20.6 Å². The third kappa shape index (κ3) is 3.48. The number of nitrogens with one attached hydrogen (secondary N) is 1. The molecule has 4 rings (SSSR count). The maximum atomic E-state index is 13.2. The van der Waals surface area contributed by atoms with Gasteiger partial charge in [-0.1, -0.05) is 36.4 Å². The van der Waals surface area contributed by atoms with Gasteiger partial charge in [0.25, 0.3) is 0 Å². The molecule has 27 heavy (non-hydrogen) atoms. The number of thiophene rings is 1. The van der Waals surface area contributed by atoms with Crippen LogP contribution in [0.3, 0.4) is 0 Å². The molecular formula is C22H22N2O2S. The van der Waals surface area contributed by atoms with Crippen LogP contribution in [-0.2, 0) is 4.79 Å². The van der Waals surface area contributed by atoms with Crippen molar-refractivity contribution in [3.63, 3.8) is 0 Å². The van der Waals surface area contributed by atoms with Crippen molar-refractivity contribution < 1.29 is 9.53 Å². The number of carbonyl (C=O) groups is 1. The second-order valence-corrected chi connectivity index (χ2v) is 7.67. The number of carbonyl (C=O) groups excluding carboxylic acids is 1. The van der Waals surface area contributed by atoms with Crippen LogP contribution in [0.1, 0.15) is 28.7 Å². The standard InChI is InChI=1S/C22H22N2O2S/c1-24(2)18(15-11-12-27-14-15)13-23-22(25)21-16-7-3-5-9-19(16)26-20-10-6-4-8-17(20)21/h3-12,14,18,21H,13H2,1-2H3,(H,23,25)/t18-/m1/s1. The first-order valence-electron chi connectivity index (χ1n) is 8.97. The maximum absolute atomic E-state index is 13.2. The van der Waals surface area contributed by atoms with Crippen LogP contribution in [0.15, 0.2) is 65.4 Å². The number of nitrogens with zero attached hydrogens (tertiary/aromatic N) is 1. The molecule has 1 N–H and O–H groups in total. The molecule has 0 radical (unpaired) electrons. The van der Waals surface area contributed by atoms with E-state index in [0.29, 0.717) is 6.54 Å². The minimum Gasteiger partial charge on any atom is -0.457 e. The number of rotatable bonds is 5. The molecule has 5 heteroatoms. The van der Waals surface area contributed by atoms with E-state index in [-0.39, 0.29) is 17.9 Å². The summed E-state index contributed by atoms with van der Waals surface area (Å²) in [5, 5.41) is 7.38. The van der Waals surface area contributed by atoms with E-state index in [0.717, 1.165) is 22.6 Å². The van der Waals surface area contributed by atoms with Crippen LogP contribution in [0.5, 0.6) is 11.5 Å². The Hall–Kier alpha value is -2.63. The summed E-state index contributed by atoms with van der Waals surface area (Å²) in [4.78, 5) is 15.4. The monoisotopic (exact) mass is 378 g/mol. The second kappa shape index (κ2) is 7.55. The van der Waals surface area contributed by atoms with Gasteiger partial charge in [0.15, 0.2) is 0 Å². The molecule has 1 aliphatic rings. The highest BCUT2D eigenvalue weighted by Gasteiger charge is 2.32. The van der Waals surface area contributed by atoms with E-state index in [1.807, 2.05) is 62.6 Å². The fraction of sp³-hybridized carbons (Fsp3) is 0.227. The van der Waals surface area contributed by atoms with Crippen molar-refractivity contribution in [3.05, 3.63) is 82.0 Å². The summed E-state index contributed by atoms with van der Waals surface area (Å²) in [6.45, 7) is 0.560. The number of amides is 1. The van der Waals surface area contributed by atoms with Crippen LogP contribution in [0, 0.1) is 0 Å². The average Bonchev–Trinajstić information content (AvgIpc) is 3.20. The highest BCUT2D eigenvalue weighted by atomic mass is 32.1. The Bertz CT molecular complexity index is 892. The lowest BCUT2D eigenvalue weighted by Crippen LogP contribution is -2.37. The number of hydrogen-bond acceptors (Lipinski definition) is 4. The SMILES string of the molecule is CN(C)[C@H](CNC(=O)C1c2ccccc2Oc2ccccc21)c1ccsc1. The molecule has 0 fully saturated rings. The van der Waals surface area contributed by atoms with E-state index >= 15 is 0 Å². The van der Waals surface area contributed by atoms with Crippen LogP contribution in [-0.4, -0.2) is 31.4 Å². The molecule has 1 aliphatic heterocycles. The predicted octanol–water partition coefficient (Wildman–Crippen LogP) is 4.40. The molecule has 4 nitrogen and oxygen atoms in total. The Labute approximate surface area is 163 Å². The first kappa shape index (κ1) is 17.8. The van der Waals surface area contributed by atoms with E-state index in [4.69, 9.17) is 4.74 Å². The van der Waals surface area contributed by atoms with Crippen molar-refractivity contribution in [2.24, 2.45) is 0 Å². The third-order valence-electron chi connectivity index (χ3n) is 4.96. The molecule has 138 valence electrons. The number of benzene rings is 2. The van der Waals surface area contributed by atoms with Gasteiger partial charge in [0.1, 0.15) is 11.5 Å². The zero-order valence-corrected chi connectivity index (χ0v) is 16.2. The number of ether oxygens (including phenoxy) is 1. The Morgan fingerprint density at radius 1 is 1.07 bits per heavy atom. The summed E-state index contributed by atoms with van der Waals surface area (Å²) in [7, 11) is 4.07. The summed E-state index contributed by atoms with van der Waals surface area (Å²) in [5.74, 6) is 1.13. The minimum atomic E-state index is -0.364. The Morgan fingerprint density at radius 2 is 1.70 bits per heavy atom. The topological polar surface area (TPSA) is 41.6 Å². The molecule has 1 aromatic heterocycles. The lowest BCUT2D eigenvalue weighted by molar-refractivity contribution is -0.122. The zero-order valence-electron chi connectivity index (χ0n) is 15.4. The molecule has 0 saturated heterocycles. The smallest absolute Gasteiger partial charge is 0.232 e. The van der Waals surface area contributed by atoms with Crippen molar-refractivity contribution in [3.8, 4) is 11.5 Å². The van der Waals surface area contributed by atoms with E-state index in [2.05, 4.69) is 27.0 Å². The number of hydrogen-bond donors (Lipinski definition) is 1. The molecule has 0 saturated carbocycles. The van der Waals surface area contributed by atoms with Crippen molar-refractivity contribution >= 4 is 17.2 Å². The first-order chi connectivity index (χ1) is 13.1. The molecule has 0 unspecified atom stereocenters. The van der Waals surface area contributed by atoms with Crippen molar-refractivity contribution in [1.82, 2.24) is 10.2 Å². The van der Waals surface area contributed by atoms with E-state index in [1.165, 1.54) is 5.56 Å². The summed E-state index contributed by atoms with van der Waals surface area (Å²) in [6.07, 6.45) is 0. The molecule has 0 aliphatic carbocycles. The first-order valence-corrected chi connectivity index (χ1v) is 9.91. The highest BCUT2D eigenvalue weighted by Crippen LogP contribution is 2.43. The molecule has 1 amide bonds. The zero-order chi connectivity index (χ0) is 18.8. The summed E-state index contributed by atoms with van der Waals surface area (Å²) < 4.78 is 5.99. The van der Waals surface area contributed by atoms with Gasteiger partial charge in [-0.25, -0.2) is 0 Å². The van der Waals surface area contributed by atoms with Gasteiger partial charge in [-0.15, -0.1) is 0 Å². The van der Waals surface area contributed by atoms with Crippen LogP contribution >= 0.6 is 11.3 Å². The van der Waals surface area contributed by atoms with E-state index in [9.17, 15) is 4.79 Å². The molecule has 3 aromatic rings. The largest absolute Gasteiger partial charge is 0.457 e. The minimum absolute atomic E-state index is 0.000259. The van der Waals surface area contributed by atoms with Gasteiger partial charge in [-0.05, 0) is 48.6 Å². The van der Waals surface area contributed by atoms with Crippen molar-refractivity contribution in [2.45, 2.75) is 12.0 Å². The number of likely N-dealkylation sites (N-methyl/N-ethyl adjacent to an activating group) is 1. The second-order valence-electron chi connectivity index (χ2n) is 6.89. The maximum Gasteiger partial charge on any atom is 0.232 e. The molecule has 1 atom stereocenters. The Balaban J connectivity index is 1.60. The normalized spacial score (nSPS) is 14.2. The fourth-order valence-electron chi connectivity index (χ4n) is 3.55. The lowest BCUT2D eigenvalue weighted by atomic mass is 9.87. The molecule has 0 bridgehead atoms. The van der Waals surface area contributed by atoms with Gasteiger partial charge >= 0.3 is 0 Å². The predicted molar refractivity (Wildman–Crippen MR) is 109 cm³/mol. The molecule has 0 spiro atoms. The molecule has 2 heterocycles. The summed E-state index contributed by atoms with van der Waals surface area (Å²) in [6, 6.07) is 17.8. The van der Waals surface area contributed by atoms with Crippen LogP contribution in [0.25, 0.3) is 0 Å². The van der Waals surface area contributed by atoms with Crippen molar-refractivity contribution in [1.29, 1.82) is 0 Å².